The van der Waals surface area contributed by atoms with Crippen molar-refractivity contribution in [1.82, 2.24) is 0 Å². The maximum Gasteiger partial charge on any atom is 0.270 e. The van der Waals surface area contributed by atoms with Crippen molar-refractivity contribution in [3.8, 4) is 0 Å². The molecule has 0 fully saturated rings. The molecule has 0 spiro atoms. The zero-order chi connectivity index (χ0) is 22.2. The van der Waals surface area contributed by atoms with Crippen LogP contribution < -0.4 is 9.62 Å². The van der Waals surface area contributed by atoms with Gasteiger partial charge in [-0.3, -0.25) is 9.10 Å². The Hall–Kier alpha value is -3.09. The highest BCUT2D eigenvalue weighted by molar-refractivity contribution is 7.97. The molecule has 1 aliphatic rings. The fraction of sp³-hybridized carbons (Fsp3) is 0.125. The minimum atomic E-state index is -4.08. The van der Waals surface area contributed by atoms with Crippen LogP contribution in [-0.2, 0) is 16.6 Å². The van der Waals surface area contributed by atoms with Gasteiger partial charge in [0.05, 0.1) is 12.2 Å². The molecule has 3 aromatic carbocycles. The smallest absolute Gasteiger partial charge is 0.270 e. The summed E-state index contributed by atoms with van der Waals surface area (Å²) in [5.41, 5.74) is 4.15. The van der Waals surface area contributed by atoms with Gasteiger partial charge < -0.3 is 5.32 Å². The summed E-state index contributed by atoms with van der Waals surface area (Å²) in [4.78, 5) is 12.8. The molecule has 31 heavy (non-hydrogen) atoms. The monoisotopic (exact) mass is 452 g/mol. The molecule has 1 N–H and O–H groups in total. The average Bonchev–Trinajstić information content (AvgIpc) is 2.74. The third-order valence-corrected chi connectivity index (χ3v) is 7.21. The van der Waals surface area contributed by atoms with E-state index in [-0.39, 0.29) is 11.4 Å². The zero-order valence-corrected chi connectivity index (χ0v) is 18.7. The molecule has 158 valence electrons. The number of sulfonamides is 1. The lowest BCUT2D eigenvalue weighted by molar-refractivity contribution is 0.104. The average molecular weight is 453 g/mol. The van der Waals surface area contributed by atoms with Crippen LogP contribution in [0.15, 0.2) is 77.8 Å². The minimum Gasteiger partial charge on any atom is -0.360 e. The Morgan fingerprint density at radius 2 is 1.71 bits per heavy atom. The number of hydrogen-bond donors (Lipinski definition) is 1. The number of anilines is 2. The predicted octanol–water partition coefficient (Wildman–Crippen LogP) is 5.44. The van der Waals surface area contributed by atoms with Crippen LogP contribution in [0.25, 0.3) is 0 Å². The van der Waals surface area contributed by atoms with Gasteiger partial charge >= 0.3 is 0 Å². The Labute approximate surface area is 187 Å². The zero-order valence-electron chi connectivity index (χ0n) is 17.1. The number of halogens is 1. The molecular weight excluding hydrogens is 432 g/mol. The number of carbonyl (C=O) groups is 1. The molecule has 3 aromatic rings. The van der Waals surface area contributed by atoms with Crippen LogP contribution in [0.1, 0.15) is 27.0 Å². The number of benzene rings is 3. The van der Waals surface area contributed by atoms with E-state index in [9.17, 15) is 13.2 Å². The van der Waals surface area contributed by atoms with Gasteiger partial charge in [0.25, 0.3) is 10.0 Å². The second-order valence-electron chi connectivity index (χ2n) is 7.46. The molecule has 0 aliphatic carbocycles. The highest BCUT2D eigenvalue weighted by Crippen LogP contribution is 2.36. The first-order chi connectivity index (χ1) is 14.8. The normalized spacial score (nSPS) is 16.3. The lowest BCUT2D eigenvalue weighted by Crippen LogP contribution is -2.39. The molecule has 0 saturated carbocycles. The van der Waals surface area contributed by atoms with Crippen LogP contribution in [-0.4, -0.2) is 14.2 Å². The molecule has 0 radical (unpaired) electrons. The van der Waals surface area contributed by atoms with Gasteiger partial charge in [0.2, 0.25) is 5.78 Å². The topological polar surface area (TPSA) is 66.5 Å². The second kappa shape index (κ2) is 8.21. The van der Waals surface area contributed by atoms with Gasteiger partial charge in [-0.1, -0.05) is 59.6 Å². The molecule has 0 unspecified atom stereocenters. The number of rotatable bonds is 4. The third kappa shape index (κ3) is 4.09. The third-order valence-electron chi connectivity index (χ3n) is 5.21. The Morgan fingerprint density at radius 1 is 1.00 bits per heavy atom. The van der Waals surface area contributed by atoms with E-state index in [1.54, 1.807) is 36.4 Å². The maximum atomic E-state index is 13.5. The van der Waals surface area contributed by atoms with Gasteiger partial charge in [0.1, 0.15) is 0 Å². The van der Waals surface area contributed by atoms with Crippen LogP contribution in [0.3, 0.4) is 0 Å². The van der Waals surface area contributed by atoms with Crippen molar-refractivity contribution in [2.24, 2.45) is 0 Å². The number of ketones is 1. The van der Waals surface area contributed by atoms with Crippen LogP contribution in [0.2, 0.25) is 5.02 Å². The molecule has 0 bridgehead atoms. The standard InChI is InChI=1S/C24H21ClN2O3S/c1-16-7-10-18(11-8-16)15-27-22-6-4-3-5-20(22)24(28)23(31(27,29)30)14-26-21-13-19(25)12-9-17(21)2/h3-14,26H,15H2,1-2H3/b23-14+. The number of aryl methyl sites for hydroxylation is 2. The molecule has 7 heteroatoms. The van der Waals surface area contributed by atoms with Gasteiger partial charge in [0.15, 0.2) is 4.91 Å². The van der Waals surface area contributed by atoms with E-state index in [2.05, 4.69) is 5.32 Å². The number of nitrogens with zero attached hydrogens (tertiary/aromatic N) is 1. The van der Waals surface area contributed by atoms with Crippen LogP contribution >= 0.6 is 11.6 Å². The maximum absolute atomic E-state index is 13.5. The van der Waals surface area contributed by atoms with E-state index in [1.807, 2.05) is 44.2 Å². The van der Waals surface area contributed by atoms with E-state index >= 15 is 0 Å². The Morgan fingerprint density at radius 3 is 2.45 bits per heavy atom. The summed E-state index contributed by atoms with van der Waals surface area (Å²) in [7, 11) is -4.08. The van der Waals surface area contributed by atoms with Crippen molar-refractivity contribution < 1.29 is 13.2 Å². The first kappa shape index (κ1) is 21.2. The highest BCUT2D eigenvalue weighted by Gasteiger charge is 2.40. The molecule has 0 atom stereocenters. The van der Waals surface area contributed by atoms with Gasteiger partial charge in [0, 0.05) is 22.5 Å². The van der Waals surface area contributed by atoms with E-state index in [4.69, 9.17) is 11.6 Å². The van der Waals surface area contributed by atoms with Crippen molar-refractivity contribution in [3.63, 3.8) is 0 Å². The number of hydrogen-bond acceptors (Lipinski definition) is 4. The Bertz CT molecular complexity index is 1300. The van der Waals surface area contributed by atoms with Crippen molar-refractivity contribution in [2.75, 3.05) is 9.62 Å². The minimum absolute atomic E-state index is 0.125. The Kier molecular flexibility index (Phi) is 5.60. The van der Waals surface area contributed by atoms with Crippen molar-refractivity contribution >= 4 is 38.8 Å². The summed E-state index contributed by atoms with van der Waals surface area (Å²) in [6, 6.07) is 19.7. The second-order valence-corrected chi connectivity index (χ2v) is 9.72. The number of nitrogens with one attached hydrogen (secondary N) is 1. The summed E-state index contributed by atoms with van der Waals surface area (Å²) >= 11 is 6.06. The van der Waals surface area contributed by atoms with Gasteiger partial charge in [-0.15, -0.1) is 0 Å². The number of para-hydroxylation sites is 1. The predicted molar refractivity (Wildman–Crippen MR) is 125 cm³/mol. The molecule has 5 nitrogen and oxygen atoms in total. The number of allylic oxidation sites excluding steroid dienone is 1. The molecule has 1 aliphatic heterocycles. The number of fused-ring (bicyclic) bond motifs is 1. The number of carbonyl (C=O) groups excluding carboxylic acids is 1. The SMILES string of the molecule is Cc1ccc(CN2c3ccccc3C(=O)/C(=C\Nc3cc(Cl)ccc3C)S2(=O)=O)cc1. The van der Waals surface area contributed by atoms with Gasteiger partial charge in [-0.2, -0.15) is 0 Å². The Balaban J connectivity index is 1.79. The van der Waals surface area contributed by atoms with Crippen molar-refractivity contribution in [1.29, 1.82) is 0 Å². The van der Waals surface area contributed by atoms with E-state index in [0.717, 1.165) is 16.7 Å². The quantitative estimate of drug-likeness (QED) is 0.535. The van der Waals surface area contributed by atoms with Gasteiger partial charge in [-0.25, -0.2) is 8.42 Å². The molecular formula is C24H21ClN2O3S. The number of Topliss-reactive ketones (excluding diaryl/α,β-unsaturated/α-hetero) is 1. The summed E-state index contributed by atoms with van der Waals surface area (Å²) in [5.74, 6) is -0.539. The summed E-state index contributed by atoms with van der Waals surface area (Å²) in [6.45, 7) is 3.97. The van der Waals surface area contributed by atoms with Crippen LogP contribution in [0, 0.1) is 13.8 Å². The summed E-state index contributed by atoms with van der Waals surface area (Å²) in [5, 5.41) is 3.47. The molecule has 0 aromatic heterocycles. The molecule has 1 heterocycles. The summed E-state index contributed by atoms with van der Waals surface area (Å²) in [6.07, 6.45) is 1.26. The molecule has 0 saturated heterocycles. The van der Waals surface area contributed by atoms with E-state index < -0.39 is 15.8 Å². The molecule has 4 rings (SSSR count). The first-order valence-electron chi connectivity index (χ1n) is 9.72. The lowest BCUT2D eigenvalue weighted by Gasteiger charge is -2.31. The van der Waals surface area contributed by atoms with E-state index in [0.29, 0.717) is 22.0 Å². The van der Waals surface area contributed by atoms with Crippen molar-refractivity contribution in [2.45, 2.75) is 20.4 Å². The fourth-order valence-electron chi connectivity index (χ4n) is 3.44. The van der Waals surface area contributed by atoms with Gasteiger partial charge in [-0.05, 0) is 49.2 Å². The van der Waals surface area contributed by atoms with Crippen LogP contribution in [0.5, 0.6) is 0 Å². The van der Waals surface area contributed by atoms with E-state index in [1.165, 1.54) is 10.5 Å². The highest BCUT2D eigenvalue weighted by atomic mass is 35.5. The lowest BCUT2D eigenvalue weighted by atomic mass is 10.1. The largest absolute Gasteiger partial charge is 0.360 e. The fourth-order valence-corrected chi connectivity index (χ4v) is 5.14. The van der Waals surface area contributed by atoms with Crippen molar-refractivity contribution in [3.05, 3.63) is 105 Å². The first-order valence-corrected chi connectivity index (χ1v) is 11.5. The molecule has 0 amide bonds. The summed E-state index contributed by atoms with van der Waals surface area (Å²) < 4.78 is 28.3. The van der Waals surface area contributed by atoms with Crippen LogP contribution in [0.4, 0.5) is 11.4 Å².